The highest BCUT2D eigenvalue weighted by molar-refractivity contribution is 5.80. The Balaban J connectivity index is 1.67. The van der Waals surface area contributed by atoms with Crippen LogP contribution in [0, 0.1) is 34.5 Å². The van der Waals surface area contributed by atoms with Gasteiger partial charge in [-0.3, -0.25) is 9.59 Å². The second kappa shape index (κ2) is 6.49. The lowest BCUT2D eigenvalue weighted by Crippen LogP contribution is -2.54. The van der Waals surface area contributed by atoms with Crippen molar-refractivity contribution in [2.45, 2.75) is 71.3 Å². The maximum absolute atomic E-state index is 12.6. The Labute approximate surface area is 162 Å². The molecule has 0 spiro atoms. The zero-order valence-electron chi connectivity index (χ0n) is 16.6. The quantitative estimate of drug-likeness (QED) is 0.574. The van der Waals surface area contributed by atoms with Gasteiger partial charge in [-0.25, -0.2) is 0 Å². The fraction of sp³-hybridized carbons (Fsp3) is 0.739. The minimum absolute atomic E-state index is 0.164. The molecule has 7 atom stereocenters. The summed E-state index contributed by atoms with van der Waals surface area (Å²) in [5.41, 5.74) is 0.561. The fourth-order valence-electron chi connectivity index (χ4n) is 7.44. The molecule has 3 saturated carbocycles. The zero-order valence-corrected chi connectivity index (χ0v) is 16.6. The Morgan fingerprint density at radius 2 is 2.00 bits per heavy atom. The summed E-state index contributed by atoms with van der Waals surface area (Å²) in [6.45, 7) is 7.92. The van der Waals surface area contributed by atoms with Crippen molar-refractivity contribution in [1.29, 1.82) is 0 Å². The average molecular weight is 373 g/mol. The van der Waals surface area contributed by atoms with Crippen LogP contribution in [0.25, 0.3) is 0 Å². The van der Waals surface area contributed by atoms with Crippen LogP contribution in [0.5, 0.6) is 0 Å². The van der Waals surface area contributed by atoms with E-state index in [-0.39, 0.29) is 23.4 Å². The summed E-state index contributed by atoms with van der Waals surface area (Å²) in [4.78, 5) is 24.0. The number of hydrogen-bond donors (Lipinski definition) is 1. The van der Waals surface area contributed by atoms with Crippen molar-refractivity contribution in [2.24, 2.45) is 34.5 Å². The highest BCUT2D eigenvalue weighted by atomic mass is 16.5. The van der Waals surface area contributed by atoms with E-state index in [1.807, 2.05) is 0 Å². The number of hydrogen-bond acceptors (Lipinski definition) is 3. The van der Waals surface area contributed by atoms with Crippen LogP contribution in [0.1, 0.15) is 65.2 Å². The van der Waals surface area contributed by atoms with Crippen molar-refractivity contribution in [3.8, 4) is 0 Å². The first-order valence-electron chi connectivity index (χ1n) is 10.6. The molecular weight excluding hydrogens is 340 g/mol. The van der Waals surface area contributed by atoms with Gasteiger partial charge in [-0.05, 0) is 74.0 Å². The van der Waals surface area contributed by atoms with Gasteiger partial charge in [0.15, 0.2) is 0 Å². The van der Waals surface area contributed by atoms with Crippen molar-refractivity contribution >= 4 is 11.9 Å². The summed E-state index contributed by atoms with van der Waals surface area (Å²) in [5, 5.41) is 10.4. The molecule has 0 saturated heterocycles. The Kier molecular flexibility index (Phi) is 4.51. The predicted octanol–water partition coefficient (Wildman–Crippen LogP) is 4.75. The number of esters is 1. The van der Waals surface area contributed by atoms with E-state index in [0.29, 0.717) is 37.0 Å². The molecule has 0 aliphatic heterocycles. The minimum atomic E-state index is -0.743. The first kappa shape index (κ1) is 18.8. The molecule has 1 N–H and O–H groups in total. The summed E-state index contributed by atoms with van der Waals surface area (Å²) >= 11 is 0. The monoisotopic (exact) mass is 372 g/mol. The maximum Gasteiger partial charge on any atom is 0.314 e. The molecule has 148 valence electrons. The second-order valence-electron chi connectivity index (χ2n) is 9.56. The number of ether oxygens (including phenoxy) is 1. The van der Waals surface area contributed by atoms with Gasteiger partial charge in [0.25, 0.3) is 0 Å². The third-order valence-electron chi connectivity index (χ3n) is 8.66. The number of carboxylic acid groups (broad SMARTS) is 1. The molecule has 4 nitrogen and oxygen atoms in total. The summed E-state index contributed by atoms with van der Waals surface area (Å²) in [6, 6.07) is 0. The van der Waals surface area contributed by atoms with Gasteiger partial charge in [-0.1, -0.05) is 24.6 Å². The average Bonchev–Trinajstić information content (AvgIpc) is 2.97. The minimum Gasteiger partial charge on any atom is -0.481 e. The third kappa shape index (κ3) is 2.62. The second-order valence-corrected chi connectivity index (χ2v) is 9.56. The van der Waals surface area contributed by atoms with Crippen molar-refractivity contribution in [3.05, 3.63) is 24.3 Å². The van der Waals surface area contributed by atoms with Gasteiger partial charge in [-0.15, -0.1) is 6.58 Å². The molecule has 0 radical (unpaired) electrons. The molecule has 3 fully saturated rings. The number of carbonyl (C=O) groups excluding carboxylic acids is 1. The summed E-state index contributed by atoms with van der Waals surface area (Å²) < 4.78 is 5.43. The SMILES string of the molecule is C=CC1CCC2C3CC=C4CC(OC(C)=O)CCC4(C(=O)O)C3CCC12C. The van der Waals surface area contributed by atoms with Crippen LogP contribution in [0.2, 0.25) is 0 Å². The van der Waals surface area contributed by atoms with Gasteiger partial charge in [0, 0.05) is 13.3 Å². The van der Waals surface area contributed by atoms with Crippen LogP contribution in [0.15, 0.2) is 24.3 Å². The topological polar surface area (TPSA) is 63.6 Å². The van der Waals surface area contributed by atoms with E-state index in [0.717, 1.165) is 24.8 Å². The van der Waals surface area contributed by atoms with Gasteiger partial charge >= 0.3 is 11.9 Å². The fourth-order valence-corrected chi connectivity index (χ4v) is 7.44. The van der Waals surface area contributed by atoms with Gasteiger partial charge < -0.3 is 9.84 Å². The van der Waals surface area contributed by atoms with Gasteiger partial charge in [-0.2, -0.15) is 0 Å². The third-order valence-corrected chi connectivity index (χ3v) is 8.66. The van der Waals surface area contributed by atoms with Crippen molar-refractivity contribution in [1.82, 2.24) is 0 Å². The Hall–Kier alpha value is -1.58. The van der Waals surface area contributed by atoms with Crippen molar-refractivity contribution in [3.63, 3.8) is 0 Å². The lowest BCUT2D eigenvalue weighted by molar-refractivity contribution is -0.161. The Morgan fingerprint density at radius 3 is 2.67 bits per heavy atom. The largest absolute Gasteiger partial charge is 0.481 e. The van der Waals surface area contributed by atoms with Crippen LogP contribution in [0.4, 0.5) is 0 Å². The Morgan fingerprint density at radius 1 is 1.22 bits per heavy atom. The van der Waals surface area contributed by atoms with E-state index in [1.54, 1.807) is 0 Å². The Bertz CT molecular complexity index is 694. The highest BCUT2D eigenvalue weighted by Crippen LogP contribution is 2.66. The van der Waals surface area contributed by atoms with E-state index in [4.69, 9.17) is 4.74 Å². The molecule has 0 aromatic heterocycles. The lowest BCUT2D eigenvalue weighted by atomic mass is 9.47. The molecule has 0 bridgehead atoms. The number of rotatable bonds is 3. The highest BCUT2D eigenvalue weighted by Gasteiger charge is 2.62. The van der Waals surface area contributed by atoms with E-state index >= 15 is 0 Å². The van der Waals surface area contributed by atoms with E-state index in [1.165, 1.54) is 19.8 Å². The normalized spacial score (nSPS) is 45.7. The summed E-state index contributed by atoms with van der Waals surface area (Å²) in [7, 11) is 0. The molecule has 4 rings (SSSR count). The molecule has 27 heavy (non-hydrogen) atoms. The van der Waals surface area contributed by atoms with Crippen LogP contribution in [-0.4, -0.2) is 23.1 Å². The molecule has 4 heteroatoms. The summed E-state index contributed by atoms with van der Waals surface area (Å²) in [5.74, 6) is 0.904. The van der Waals surface area contributed by atoms with Crippen LogP contribution in [0.3, 0.4) is 0 Å². The molecule has 0 aromatic carbocycles. The molecule has 4 aliphatic carbocycles. The zero-order chi connectivity index (χ0) is 19.4. The molecule has 0 aromatic rings. The molecule has 7 unspecified atom stereocenters. The van der Waals surface area contributed by atoms with E-state index < -0.39 is 11.4 Å². The van der Waals surface area contributed by atoms with Crippen molar-refractivity contribution in [2.75, 3.05) is 0 Å². The molecule has 0 amide bonds. The maximum atomic E-state index is 12.6. The van der Waals surface area contributed by atoms with Gasteiger partial charge in [0.1, 0.15) is 6.10 Å². The van der Waals surface area contributed by atoms with E-state index in [9.17, 15) is 14.7 Å². The summed E-state index contributed by atoms with van der Waals surface area (Å²) in [6.07, 6.45) is 11.5. The van der Waals surface area contributed by atoms with Gasteiger partial charge in [0.2, 0.25) is 0 Å². The van der Waals surface area contributed by atoms with Crippen LogP contribution in [-0.2, 0) is 14.3 Å². The first-order chi connectivity index (χ1) is 12.8. The van der Waals surface area contributed by atoms with E-state index in [2.05, 4.69) is 25.7 Å². The molecule has 0 heterocycles. The number of carbonyl (C=O) groups is 2. The van der Waals surface area contributed by atoms with Gasteiger partial charge in [0.05, 0.1) is 5.41 Å². The number of fused-ring (bicyclic) bond motifs is 5. The molecular formula is C23H32O4. The van der Waals surface area contributed by atoms with Crippen LogP contribution >= 0.6 is 0 Å². The van der Waals surface area contributed by atoms with Crippen molar-refractivity contribution < 1.29 is 19.4 Å². The van der Waals surface area contributed by atoms with Crippen LogP contribution < -0.4 is 0 Å². The molecule has 4 aliphatic rings. The number of allylic oxidation sites excluding steroid dienone is 2. The first-order valence-corrected chi connectivity index (χ1v) is 10.6. The smallest absolute Gasteiger partial charge is 0.314 e. The lowest BCUT2D eigenvalue weighted by Gasteiger charge is -2.57. The number of carboxylic acids is 1. The standard InChI is InChI=1S/C23H32O4/c1-4-15-6-8-19-18-7-5-16-13-17(27-14(2)24)9-12-23(16,21(25)26)20(18)10-11-22(15,19)3/h4-5,15,17-20H,1,6-13H2,2-3H3,(H,25,26). The number of aliphatic carboxylic acids is 1. The predicted molar refractivity (Wildman–Crippen MR) is 103 cm³/mol.